The monoisotopic (exact) mass is 131 g/mol. The number of carboxylic acid groups (broad SMARTS) is 2. The second-order valence-corrected chi connectivity index (χ2v) is 1.47. The number of rotatable bonds is 2. The maximum absolute atomic E-state index is 9.90. The highest BCUT2D eigenvalue weighted by molar-refractivity contribution is 5.93. The van der Waals surface area contributed by atoms with Crippen LogP contribution in [0.4, 0.5) is 0 Å². The third-order valence-electron chi connectivity index (χ3n) is 0.677. The van der Waals surface area contributed by atoms with Crippen molar-refractivity contribution in [2.45, 2.75) is 6.92 Å². The van der Waals surface area contributed by atoms with Gasteiger partial charge in [0, 0.05) is 11.6 Å². The number of aliphatic carboxylic acids is 2. The fourth-order valence-corrected chi connectivity index (χ4v) is 0.247. The Balaban J connectivity index is 4.17. The SMILES string of the molecule is [13CH3]/C(=C\C(=O)O)C(=O)O. The first kappa shape index (κ1) is 7.68. The van der Waals surface area contributed by atoms with E-state index >= 15 is 0 Å². The fourth-order valence-electron chi connectivity index (χ4n) is 0.247. The summed E-state index contributed by atoms with van der Waals surface area (Å²) in [4.78, 5) is 19.7. The van der Waals surface area contributed by atoms with Crippen LogP contribution in [0.25, 0.3) is 0 Å². The zero-order valence-electron chi connectivity index (χ0n) is 4.79. The molecule has 0 heterocycles. The average molecular weight is 131 g/mol. The van der Waals surface area contributed by atoms with Gasteiger partial charge in [0.05, 0.1) is 0 Å². The van der Waals surface area contributed by atoms with Crippen molar-refractivity contribution < 1.29 is 19.8 Å². The van der Waals surface area contributed by atoms with Gasteiger partial charge in [-0.2, -0.15) is 0 Å². The third kappa shape index (κ3) is 3.28. The summed E-state index contributed by atoms with van der Waals surface area (Å²) in [5.74, 6) is -2.45. The molecule has 0 atom stereocenters. The Morgan fingerprint density at radius 1 is 1.33 bits per heavy atom. The van der Waals surface area contributed by atoms with Crippen LogP contribution in [-0.2, 0) is 9.59 Å². The van der Waals surface area contributed by atoms with Crippen molar-refractivity contribution in [3.05, 3.63) is 11.6 Å². The molecule has 4 nitrogen and oxygen atoms in total. The van der Waals surface area contributed by atoms with Crippen LogP contribution in [0.1, 0.15) is 6.92 Å². The molecular formula is C5H6O4. The number of hydrogen-bond acceptors (Lipinski definition) is 2. The van der Waals surface area contributed by atoms with E-state index in [1.165, 1.54) is 6.92 Å². The van der Waals surface area contributed by atoms with Crippen LogP contribution in [0, 0.1) is 0 Å². The maximum atomic E-state index is 9.90. The van der Waals surface area contributed by atoms with Crippen molar-refractivity contribution >= 4 is 11.9 Å². The van der Waals surface area contributed by atoms with E-state index in [4.69, 9.17) is 10.2 Å². The molecule has 0 aromatic rings. The largest absolute Gasteiger partial charge is 0.478 e. The van der Waals surface area contributed by atoms with E-state index < -0.39 is 11.9 Å². The molecule has 9 heavy (non-hydrogen) atoms. The van der Waals surface area contributed by atoms with Crippen molar-refractivity contribution in [1.82, 2.24) is 0 Å². The van der Waals surface area contributed by atoms with Gasteiger partial charge in [-0.05, 0) is 6.92 Å². The van der Waals surface area contributed by atoms with Gasteiger partial charge in [0.2, 0.25) is 0 Å². The highest BCUT2D eigenvalue weighted by Crippen LogP contribution is 1.89. The Kier molecular flexibility index (Phi) is 2.44. The smallest absolute Gasteiger partial charge is 0.331 e. The Morgan fingerprint density at radius 3 is 1.89 bits per heavy atom. The highest BCUT2D eigenvalue weighted by atomic mass is 16.4. The van der Waals surface area contributed by atoms with Crippen molar-refractivity contribution in [3.8, 4) is 0 Å². The standard InChI is InChI=1S/C5H6O4/c1-3(5(8)9)2-4(6)7/h2H,1H3,(H,6,7)(H,8,9)/b3-2+/i1+1. The summed E-state index contributed by atoms with van der Waals surface area (Å²) >= 11 is 0. The Morgan fingerprint density at radius 2 is 1.78 bits per heavy atom. The first-order chi connectivity index (χ1) is 4.04. The predicted molar refractivity (Wildman–Crippen MR) is 29.0 cm³/mol. The lowest BCUT2D eigenvalue weighted by Gasteiger charge is -1.86. The molecule has 0 fully saturated rings. The summed E-state index contributed by atoms with van der Waals surface area (Å²) < 4.78 is 0. The van der Waals surface area contributed by atoms with Gasteiger partial charge in [-0.15, -0.1) is 0 Å². The number of carbonyl (C=O) groups is 2. The van der Waals surface area contributed by atoms with Gasteiger partial charge in [0.25, 0.3) is 0 Å². The Labute approximate surface area is 51.4 Å². The number of carboxylic acids is 2. The molecule has 0 unspecified atom stereocenters. The minimum atomic E-state index is -1.24. The summed E-state index contributed by atoms with van der Waals surface area (Å²) in [5, 5.41) is 16.1. The van der Waals surface area contributed by atoms with Gasteiger partial charge in [-0.25, -0.2) is 9.59 Å². The van der Waals surface area contributed by atoms with Crippen molar-refractivity contribution in [3.63, 3.8) is 0 Å². The molecule has 0 amide bonds. The van der Waals surface area contributed by atoms with Crippen LogP contribution in [0.5, 0.6) is 0 Å². The first-order valence-corrected chi connectivity index (χ1v) is 2.18. The average Bonchev–Trinajstić information content (AvgIpc) is 1.63. The van der Waals surface area contributed by atoms with E-state index in [1.54, 1.807) is 0 Å². The van der Waals surface area contributed by atoms with Gasteiger partial charge in [-0.3, -0.25) is 0 Å². The van der Waals surface area contributed by atoms with Crippen LogP contribution in [0.2, 0.25) is 0 Å². The molecule has 0 aromatic carbocycles. The molecule has 0 rings (SSSR count). The van der Waals surface area contributed by atoms with Crippen LogP contribution < -0.4 is 0 Å². The van der Waals surface area contributed by atoms with E-state index in [2.05, 4.69) is 0 Å². The molecule has 0 radical (unpaired) electrons. The summed E-state index contributed by atoms with van der Waals surface area (Å²) in [6, 6.07) is 0. The lowest BCUT2D eigenvalue weighted by molar-refractivity contribution is -0.135. The summed E-state index contributed by atoms with van der Waals surface area (Å²) in [6.45, 7) is 1.22. The molecule has 0 bridgehead atoms. The van der Waals surface area contributed by atoms with Crippen LogP contribution >= 0.6 is 0 Å². The molecule has 0 saturated heterocycles. The van der Waals surface area contributed by atoms with E-state index in [1.807, 2.05) is 0 Å². The third-order valence-corrected chi connectivity index (χ3v) is 0.677. The van der Waals surface area contributed by atoms with E-state index in [-0.39, 0.29) is 5.57 Å². The molecule has 0 spiro atoms. The molecule has 0 aliphatic rings. The minimum Gasteiger partial charge on any atom is -0.478 e. The van der Waals surface area contributed by atoms with E-state index in [0.717, 1.165) is 0 Å². The van der Waals surface area contributed by atoms with Gasteiger partial charge < -0.3 is 10.2 Å². The maximum Gasteiger partial charge on any atom is 0.331 e. The molecule has 0 aliphatic heterocycles. The molecule has 4 heteroatoms. The lowest BCUT2D eigenvalue weighted by Crippen LogP contribution is -1.99. The zero-order valence-corrected chi connectivity index (χ0v) is 4.79. The van der Waals surface area contributed by atoms with Crippen LogP contribution in [-0.4, -0.2) is 22.2 Å². The summed E-state index contributed by atoms with van der Waals surface area (Å²) in [6.07, 6.45) is 0.641. The quantitative estimate of drug-likeness (QED) is 0.411. The lowest BCUT2D eigenvalue weighted by atomic mass is 10.4. The minimum absolute atomic E-state index is 0.178. The van der Waals surface area contributed by atoms with Gasteiger partial charge >= 0.3 is 11.9 Å². The van der Waals surface area contributed by atoms with Crippen molar-refractivity contribution in [2.24, 2.45) is 0 Å². The second-order valence-electron chi connectivity index (χ2n) is 1.47. The molecule has 0 saturated carbocycles. The van der Waals surface area contributed by atoms with Gasteiger partial charge in [-0.1, -0.05) is 0 Å². The van der Waals surface area contributed by atoms with Crippen LogP contribution in [0.3, 0.4) is 0 Å². The highest BCUT2D eigenvalue weighted by Gasteiger charge is 2.00. The molecule has 0 aromatic heterocycles. The predicted octanol–water partition coefficient (Wildman–Crippen LogP) is 0.102. The van der Waals surface area contributed by atoms with Gasteiger partial charge in [0.1, 0.15) is 0 Å². The molecular weight excluding hydrogens is 125 g/mol. The summed E-state index contributed by atoms with van der Waals surface area (Å²) in [5.41, 5.74) is -0.178. The molecule has 50 valence electrons. The van der Waals surface area contributed by atoms with Gasteiger partial charge in [0.15, 0.2) is 0 Å². The van der Waals surface area contributed by atoms with Crippen molar-refractivity contribution in [2.75, 3.05) is 0 Å². The topological polar surface area (TPSA) is 74.6 Å². The van der Waals surface area contributed by atoms with E-state index in [0.29, 0.717) is 6.08 Å². The normalized spacial score (nSPS) is 11.0. The summed E-state index contributed by atoms with van der Waals surface area (Å²) in [7, 11) is 0. The fraction of sp³-hybridized carbons (Fsp3) is 0.200. The molecule has 2 N–H and O–H groups in total. The van der Waals surface area contributed by atoms with Crippen LogP contribution in [0.15, 0.2) is 11.6 Å². The Hall–Kier alpha value is -1.32. The first-order valence-electron chi connectivity index (χ1n) is 2.18. The second kappa shape index (κ2) is 2.86. The number of hydrogen-bond donors (Lipinski definition) is 2. The molecule has 0 aliphatic carbocycles. The van der Waals surface area contributed by atoms with Crippen molar-refractivity contribution in [1.29, 1.82) is 0 Å². The Bertz CT molecular complexity index is 168. The van der Waals surface area contributed by atoms with E-state index in [9.17, 15) is 9.59 Å². The zero-order chi connectivity index (χ0) is 7.44.